The average Bonchev–Trinajstić information content (AvgIpc) is 4.21. The third-order valence-corrected chi connectivity index (χ3v) is 15.1. The van der Waals surface area contributed by atoms with Crippen LogP contribution in [0.5, 0.6) is 0 Å². The van der Waals surface area contributed by atoms with E-state index in [0.29, 0.717) is 17.9 Å². The van der Waals surface area contributed by atoms with Crippen molar-refractivity contribution in [3.8, 4) is 0 Å². The molecular weight excluding hydrogens is 999 g/mol. The summed E-state index contributed by atoms with van der Waals surface area (Å²) >= 11 is 0. The van der Waals surface area contributed by atoms with E-state index in [1.54, 1.807) is 30.4 Å². The Hall–Kier alpha value is -6.68. The number of aromatic nitrogens is 2. The van der Waals surface area contributed by atoms with E-state index in [-0.39, 0.29) is 6.92 Å². The lowest BCUT2D eigenvalue weighted by Gasteiger charge is -2.34. The molecule has 422 valence electrons. The van der Waals surface area contributed by atoms with Gasteiger partial charge in [0, 0.05) is 37.0 Å². The van der Waals surface area contributed by atoms with Gasteiger partial charge in [-0.2, -0.15) is 26.3 Å². The maximum Gasteiger partial charge on any atom is 0.406 e. The van der Waals surface area contributed by atoms with Crippen LogP contribution in [-0.4, -0.2) is 22.3 Å². The number of nitrogens with zero attached hydrogens (tertiary/aromatic N) is 2. The summed E-state index contributed by atoms with van der Waals surface area (Å²) in [4.78, 5) is 7.69. The lowest BCUT2D eigenvalue weighted by molar-refractivity contribution is -0.297. The van der Waals surface area contributed by atoms with Crippen molar-refractivity contribution in [2.24, 2.45) is 11.8 Å². The quantitative estimate of drug-likeness (QED) is 0.100. The Bertz CT molecular complexity index is 2810. The van der Waals surface area contributed by atoms with E-state index in [2.05, 4.69) is 121 Å². The van der Waals surface area contributed by atoms with Gasteiger partial charge in [0.1, 0.15) is 0 Å². The number of aryl methyl sites for hydroxylation is 5. The van der Waals surface area contributed by atoms with E-state index in [1.807, 2.05) is 64.1 Å². The third kappa shape index (κ3) is 20.2. The van der Waals surface area contributed by atoms with Crippen molar-refractivity contribution in [1.82, 2.24) is 15.3 Å². The first-order valence-corrected chi connectivity index (χ1v) is 28.3. The van der Waals surface area contributed by atoms with Crippen molar-refractivity contribution in [2.45, 2.75) is 163 Å². The molecule has 0 aliphatic heterocycles. The first-order valence-electron chi connectivity index (χ1n) is 28.3. The van der Waals surface area contributed by atoms with E-state index in [4.69, 9.17) is 0 Å². The number of nitrogens with one attached hydrogen (secondary N) is 2. The van der Waals surface area contributed by atoms with Crippen LogP contribution in [0.3, 0.4) is 0 Å². The molecule has 0 atom stereocenters. The molecule has 79 heavy (non-hydrogen) atoms. The predicted octanol–water partition coefficient (Wildman–Crippen LogP) is 19.1. The molecule has 9 rings (SSSR count). The number of rotatable bonds is 15. The zero-order chi connectivity index (χ0) is 57.4. The van der Waals surface area contributed by atoms with Crippen LogP contribution in [0.4, 0.5) is 32.0 Å². The fraction of sp³-hybridized carbons (Fsp3) is 0.391. The number of benzene rings is 5. The number of hydrogen-bond donors (Lipinski definition) is 2. The van der Waals surface area contributed by atoms with E-state index in [0.717, 1.165) is 60.9 Å². The van der Waals surface area contributed by atoms with Gasteiger partial charge < -0.3 is 10.6 Å². The van der Waals surface area contributed by atoms with Gasteiger partial charge in [-0.05, 0) is 182 Å². The lowest BCUT2D eigenvalue weighted by atomic mass is 9.80. The Morgan fingerprint density at radius 2 is 0.962 bits per heavy atom. The fourth-order valence-corrected chi connectivity index (χ4v) is 10.1. The summed E-state index contributed by atoms with van der Waals surface area (Å²) in [5, 5.41) is 6.81. The van der Waals surface area contributed by atoms with Gasteiger partial charge in [0.2, 0.25) is 0 Å². The van der Waals surface area contributed by atoms with Crippen LogP contribution in [-0.2, 0) is 44.1 Å². The summed E-state index contributed by atoms with van der Waals surface area (Å²) < 4.78 is 79.6. The molecule has 5 aromatic carbocycles. The van der Waals surface area contributed by atoms with E-state index >= 15 is 0 Å². The summed E-state index contributed by atoms with van der Waals surface area (Å²) in [6, 6.07) is 43.1. The molecule has 2 heterocycles. The Labute approximate surface area is 468 Å². The average molecular weight is 1080 g/mol. The topological polar surface area (TPSA) is 49.8 Å². The molecule has 0 unspecified atom stereocenters. The van der Waals surface area contributed by atoms with Gasteiger partial charge in [-0.1, -0.05) is 181 Å². The van der Waals surface area contributed by atoms with Gasteiger partial charge >= 0.3 is 12.4 Å². The van der Waals surface area contributed by atoms with Gasteiger partial charge in [-0.25, -0.2) is 0 Å². The molecular formula is C69H84F6N4. The number of alkyl halides is 6. The number of anilines is 1. The standard InChI is InChI=1S/C31H38N2.C24H26F6.2C6H7N.C2H6/c1-4-29-17-16-28(20-30(29)19-25-8-5-6-9-25)18-27-10-7-11-31(21-27)33-24(3)32-22-26-14-12-23(2)13-15-26;1-16-7-8-19(15-20(16)14-17-5-3-4-6-17)13-18-9-11-21(12-10-18)22(2,23(25,26)27)24(28,29)30;2*1-6-2-4-7-5-3-6;1-2/h7,10-17,20-21,25,32-33H,3-6,8-9,18-19,22H2,1-2H3;7-12,15,17H,3-6,13-14H2,1-2H3;2*2-5H,1H3;1-2H3. The highest BCUT2D eigenvalue weighted by Gasteiger charge is 2.68. The van der Waals surface area contributed by atoms with E-state index in [1.165, 1.54) is 120 Å². The minimum absolute atomic E-state index is 0.192. The molecule has 2 saturated carbocycles. The molecule has 0 spiro atoms. The highest BCUT2D eigenvalue weighted by atomic mass is 19.4. The molecule has 2 aliphatic carbocycles. The molecule has 2 aliphatic rings. The van der Waals surface area contributed by atoms with E-state index in [9.17, 15) is 26.3 Å². The van der Waals surface area contributed by atoms with Crippen LogP contribution in [0.15, 0.2) is 171 Å². The number of hydrogen-bond acceptors (Lipinski definition) is 4. The first-order chi connectivity index (χ1) is 37.8. The number of pyridine rings is 2. The molecule has 0 bridgehead atoms. The zero-order valence-corrected chi connectivity index (χ0v) is 47.9. The molecule has 2 aromatic heterocycles. The highest BCUT2D eigenvalue weighted by molar-refractivity contribution is 5.50. The Kier molecular flexibility index (Phi) is 24.9. The predicted molar refractivity (Wildman–Crippen MR) is 316 cm³/mol. The minimum Gasteiger partial charge on any atom is -0.368 e. The summed E-state index contributed by atoms with van der Waals surface area (Å²) in [6.45, 7) is 19.7. The van der Waals surface area contributed by atoms with Crippen LogP contribution in [0.1, 0.15) is 151 Å². The van der Waals surface area contributed by atoms with Gasteiger partial charge in [-0.3, -0.25) is 9.97 Å². The summed E-state index contributed by atoms with van der Waals surface area (Å²) in [6.07, 6.45) is 11.8. The fourth-order valence-electron chi connectivity index (χ4n) is 10.1. The van der Waals surface area contributed by atoms with Crippen molar-refractivity contribution in [2.75, 3.05) is 5.32 Å². The molecule has 0 amide bonds. The second kappa shape index (κ2) is 31.2. The monoisotopic (exact) mass is 1080 g/mol. The minimum atomic E-state index is -5.43. The summed E-state index contributed by atoms with van der Waals surface area (Å²) in [7, 11) is 0. The SMILES string of the molecule is C=C(NCc1ccc(C)cc1)Nc1cccc(Cc2ccc(CC)c(CC3CCCC3)c2)c1.CC.Cc1ccc(Cc2ccc(C(C)(C(F)(F)F)C(F)(F)F)cc2)cc1CC1CCCC1.Cc1ccncc1.Cc1ccncc1. The zero-order valence-electron chi connectivity index (χ0n) is 47.9. The van der Waals surface area contributed by atoms with Gasteiger partial charge in [-0.15, -0.1) is 0 Å². The van der Waals surface area contributed by atoms with Crippen LogP contribution < -0.4 is 10.6 Å². The first kappa shape index (κ1) is 63.2. The maximum atomic E-state index is 13.3. The van der Waals surface area contributed by atoms with Gasteiger partial charge in [0.15, 0.2) is 5.41 Å². The molecule has 0 radical (unpaired) electrons. The summed E-state index contributed by atoms with van der Waals surface area (Å²) in [5.41, 5.74) is 11.5. The largest absolute Gasteiger partial charge is 0.406 e. The van der Waals surface area contributed by atoms with Crippen molar-refractivity contribution in [3.63, 3.8) is 0 Å². The number of halogens is 6. The second-order valence-electron chi connectivity index (χ2n) is 21.3. The Morgan fingerprint density at radius 1 is 0.519 bits per heavy atom. The second-order valence-corrected chi connectivity index (χ2v) is 21.3. The van der Waals surface area contributed by atoms with Crippen LogP contribution in [0.2, 0.25) is 0 Å². The maximum absolute atomic E-state index is 13.3. The van der Waals surface area contributed by atoms with Crippen LogP contribution >= 0.6 is 0 Å². The van der Waals surface area contributed by atoms with Gasteiger partial charge in [0.25, 0.3) is 0 Å². The van der Waals surface area contributed by atoms with Crippen molar-refractivity contribution >= 4 is 5.69 Å². The molecule has 0 saturated heterocycles. The van der Waals surface area contributed by atoms with E-state index < -0.39 is 23.3 Å². The molecule has 4 nitrogen and oxygen atoms in total. The van der Waals surface area contributed by atoms with Crippen LogP contribution in [0, 0.1) is 39.5 Å². The summed E-state index contributed by atoms with van der Waals surface area (Å²) in [5.74, 6) is 2.40. The lowest BCUT2D eigenvalue weighted by Crippen LogP contribution is -2.51. The molecule has 10 heteroatoms. The van der Waals surface area contributed by atoms with Crippen molar-refractivity contribution in [1.29, 1.82) is 0 Å². The molecule has 7 aromatic rings. The Morgan fingerprint density at radius 3 is 1.46 bits per heavy atom. The van der Waals surface area contributed by atoms with Crippen molar-refractivity contribution in [3.05, 3.63) is 243 Å². The van der Waals surface area contributed by atoms with Crippen LogP contribution in [0.25, 0.3) is 0 Å². The smallest absolute Gasteiger partial charge is 0.368 e. The van der Waals surface area contributed by atoms with Gasteiger partial charge in [0.05, 0.1) is 5.82 Å². The third-order valence-electron chi connectivity index (χ3n) is 15.1. The highest BCUT2D eigenvalue weighted by Crippen LogP contribution is 2.51. The Balaban J connectivity index is 0.000000227. The molecule has 2 N–H and O–H groups in total. The normalized spacial score (nSPS) is 13.5. The van der Waals surface area contributed by atoms with Crippen molar-refractivity contribution < 1.29 is 26.3 Å². The molecule has 2 fully saturated rings.